The zero-order chi connectivity index (χ0) is 9.68. The number of rotatable bonds is 4. The van der Waals surface area contributed by atoms with Gasteiger partial charge < -0.3 is 0 Å². The van der Waals surface area contributed by atoms with Crippen molar-refractivity contribution < 1.29 is 4.92 Å². The molecule has 0 saturated carbocycles. The first-order chi connectivity index (χ1) is 6.24. The summed E-state index contributed by atoms with van der Waals surface area (Å²) in [6.07, 6.45) is 0.863. The molecule has 0 aromatic heterocycles. The first-order valence-corrected chi connectivity index (χ1v) is 4.89. The summed E-state index contributed by atoms with van der Waals surface area (Å²) in [5.74, 6) is 0.942. The van der Waals surface area contributed by atoms with E-state index in [-0.39, 0.29) is 5.69 Å². The van der Waals surface area contributed by atoms with Crippen LogP contribution in [0, 0.1) is 17.0 Å². The van der Waals surface area contributed by atoms with Crippen molar-refractivity contribution in [1.82, 2.24) is 0 Å². The predicted molar refractivity (Wildman–Crippen MR) is 53.8 cm³/mol. The number of hydrogen-bond donors (Lipinski definition) is 0. The number of benzene rings is 1. The molecule has 0 aliphatic heterocycles. The van der Waals surface area contributed by atoms with Crippen LogP contribution in [-0.4, -0.2) is 10.7 Å². The van der Waals surface area contributed by atoms with Gasteiger partial charge in [-0.2, -0.15) is 0 Å². The molecule has 1 radical (unpaired) electrons. The lowest BCUT2D eigenvalue weighted by atomic mass is 10.3. The zero-order valence-corrected chi connectivity index (χ0v) is 7.92. The minimum Gasteiger partial charge on any atom is -0.258 e. The van der Waals surface area contributed by atoms with E-state index in [9.17, 15) is 10.1 Å². The monoisotopic (exact) mass is 196 g/mol. The summed E-state index contributed by atoms with van der Waals surface area (Å²) in [6, 6.07) is 6.56. The maximum Gasteiger partial charge on any atom is 0.269 e. The van der Waals surface area contributed by atoms with Crippen molar-refractivity contribution in [2.24, 2.45) is 0 Å². The molecule has 0 aliphatic carbocycles. The number of nitro groups is 1. The Bertz CT molecular complexity index is 284. The molecular formula is C9H10NO2S. The lowest BCUT2D eigenvalue weighted by Crippen LogP contribution is -1.86. The topological polar surface area (TPSA) is 43.1 Å². The summed E-state index contributed by atoms with van der Waals surface area (Å²) in [6.45, 7) is 3.72. The van der Waals surface area contributed by atoms with Crippen molar-refractivity contribution in [2.75, 3.05) is 5.75 Å². The van der Waals surface area contributed by atoms with E-state index in [0.717, 1.165) is 17.1 Å². The smallest absolute Gasteiger partial charge is 0.258 e. The van der Waals surface area contributed by atoms with Gasteiger partial charge in [-0.15, -0.1) is 11.8 Å². The van der Waals surface area contributed by atoms with Gasteiger partial charge in [0.25, 0.3) is 5.69 Å². The van der Waals surface area contributed by atoms with Gasteiger partial charge in [0.15, 0.2) is 0 Å². The summed E-state index contributed by atoms with van der Waals surface area (Å²) in [5.41, 5.74) is 0.138. The fourth-order valence-corrected chi connectivity index (χ4v) is 1.56. The molecule has 1 aromatic carbocycles. The first kappa shape index (κ1) is 10.1. The van der Waals surface area contributed by atoms with E-state index >= 15 is 0 Å². The van der Waals surface area contributed by atoms with Crippen LogP contribution in [0.15, 0.2) is 29.2 Å². The number of nitrogens with zero attached hydrogens (tertiary/aromatic N) is 1. The van der Waals surface area contributed by atoms with Gasteiger partial charge in [0.1, 0.15) is 0 Å². The number of nitro benzene ring substituents is 1. The van der Waals surface area contributed by atoms with E-state index in [1.54, 1.807) is 23.9 Å². The fourth-order valence-electron chi connectivity index (χ4n) is 0.854. The second kappa shape index (κ2) is 4.87. The average Bonchev–Trinajstić information content (AvgIpc) is 2.15. The fraction of sp³-hybridized carbons (Fsp3) is 0.222. The molecule has 4 heteroatoms. The molecule has 0 N–H and O–H groups in total. The highest BCUT2D eigenvalue weighted by Crippen LogP contribution is 2.21. The average molecular weight is 196 g/mol. The molecule has 0 fully saturated rings. The summed E-state index contributed by atoms with van der Waals surface area (Å²) in [4.78, 5) is 11.0. The molecule has 3 nitrogen and oxygen atoms in total. The van der Waals surface area contributed by atoms with E-state index < -0.39 is 4.92 Å². The summed E-state index contributed by atoms with van der Waals surface area (Å²) in [5, 5.41) is 10.3. The van der Waals surface area contributed by atoms with Gasteiger partial charge in [-0.25, -0.2) is 0 Å². The van der Waals surface area contributed by atoms with Crippen LogP contribution in [0.5, 0.6) is 0 Å². The highest BCUT2D eigenvalue weighted by Gasteiger charge is 2.03. The maximum absolute atomic E-state index is 10.3. The van der Waals surface area contributed by atoms with Crippen molar-refractivity contribution in [2.45, 2.75) is 11.3 Å². The Morgan fingerprint density at radius 3 is 2.46 bits per heavy atom. The Hall–Kier alpha value is -1.03. The van der Waals surface area contributed by atoms with Gasteiger partial charge in [0.2, 0.25) is 0 Å². The van der Waals surface area contributed by atoms with Crippen LogP contribution in [0.25, 0.3) is 0 Å². The number of thioether (sulfide) groups is 1. The number of hydrogen-bond acceptors (Lipinski definition) is 3. The second-order valence-electron chi connectivity index (χ2n) is 2.45. The lowest BCUT2D eigenvalue weighted by molar-refractivity contribution is -0.384. The third-order valence-corrected chi connectivity index (χ3v) is 2.56. The van der Waals surface area contributed by atoms with Crippen molar-refractivity contribution in [3.8, 4) is 0 Å². The lowest BCUT2D eigenvalue weighted by Gasteiger charge is -1.97. The van der Waals surface area contributed by atoms with Gasteiger partial charge in [0.05, 0.1) is 4.92 Å². The van der Waals surface area contributed by atoms with E-state index in [1.165, 1.54) is 12.1 Å². The van der Waals surface area contributed by atoms with Crippen LogP contribution in [0.4, 0.5) is 5.69 Å². The highest BCUT2D eigenvalue weighted by atomic mass is 32.2. The van der Waals surface area contributed by atoms with Gasteiger partial charge in [-0.05, 0) is 24.3 Å². The molecule has 13 heavy (non-hydrogen) atoms. The summed E-state index contributed by atoms with van der Waals surface area (Å²) >= 11 is 1.66. The van der Waals surface area contributed by atoms with Gasteiger partial charge in [-0.1, -0.05) is 6.92 Å². The minimum atomic E-state index is -0.393. The molecule has 0 aliphatic rings. The largest absolute Gasteiger partial charge is 0.269 e. The SMILES string of the molecule is [CH2]CCSc1ccc([N+](=O)[O-])cc1. The number of non-ortho nitro benzene ring substituents is 1. The Balaban J connectivity index is 2.64. The Morgan fingerprint density at radius 1 is 1.38 bits per heavy atom. The Morgan fingerprint density at radius 2 is 2.00 bits per heavy atom. The Kier molecular flexibility index (Phi) is 3.76. The summed E-state index contributed by atoms with van der Waals surface area (Å²) in [7, 11) is 0. The zero-order valence-electron chi connectivity index (χ0n) is 7.10. The van der Waals surface area contributed by atoms with E-state index in [2.05, 4.69) is 6.92 Å². The van der Waals surface area contributed by atoms with Crippen molar-refractivity contribution in [1.29, 1.82) is 0 Å². The molecule has 0 unspecified atom stereocenters. The molecular weight excluding hydrogens is 186 g/mol. The Labute approximate surface area is 81.3 Å². The quantitative estimate of drug-likeness (QED) is 0.422. The standard InChI is InChI=1S/C9H10NO2S/c1-2-7-13-9-5-3-8(4-6-9)10(11)12/h3-6H,1-2,7H2. The van der Waals surface area contributed by atoms with Crippen molar-refractivity contribution >= 4 is 17.4 Å². The molecule has 1 aromatic rings. The first-order valence-electron chi connectivity index (χ1n) is 3.90. The van der Waals surface area contributed by atoms with Crippen LogP contribution in [0.3, 0.4) is 0 Å². The molecule has 69 valence electrons. The summed E-state index contributed by atoms with van der Waals surface area (Å²) < 4.78 is 0. The van der Waals surface area contributed by atoms with Crippen LogP contribution >= 0.6 is 11.8 Å². The maximum atomic E-state index is 10.3. The third kappa shape index (κ3) is 3.06. The van der Waals surface area contributed by atoms with Crippen molar-refractivity contribution in [3.63, 3.8) is 0 Å². The molecule has 0 amide bonds. The van der Waals surface area contributed by atoms with E-state index in [0.29, 0.717) is 0 Å². The van der Waals surface area contributed by atoms with Gasteiger partial charge >= 0.3 is 0 Å². The molecule has 0 spiro atoms. The molecule has 0 heterocycles. The van der Waals surface area contributed by atoms with Crippen LogP contribution in [-0.2, 0) is 0 Å². The molecule has 0 saturated heterocycles. The molecule has 1 rings (SSSR count). The highest BCUT2D eigenvalue weighted by molar-refractivity contribution is 7.99. The second-order valence-corrected chi connectivity index (χ2v) is 3.62. The normalized spacial score (nSPS) is 9.92. The van der Waals surface area contributed by atoms with Crippen LogP contribution in [0.2, 0.25) is 0 Å². The van der Waals surface area contributed by atoms with Gasteiger partial charge in [0, 0.05) is 17.0 Å². The minimum absolute atomic E-state index is 0.138. The molecule has 0 atom stereocenters. The van der Waals surface area contributed by atoms with E-state index in [4.69, 9.17) is 0 Å². The van der Waals surface area contributed by atoms with Crippen LogP contribution < -0.4 is 0 Å². The van der Waals surface area contributed by atoms with Gasteiger partial charge in [-0.3, -0.25) is 10.1 Å². The molecule has 0 bridgehead atoms. The predicted octanol–water partition coefficient (Wildman–Crippen LogP) is 2.91. The van der Waals surface area contributed by atoms with Crippen LogP contribution in [0.1, 0.15) is 6.42 Å². The van der Waals surface area contributed by atoms with E-state index in [1.807, 2.05) is 0 Å². The third-order valence-electron chi connectivity index (χ3n) is 1.46. The van der Waals surface area contributed by atoms with Crippen molar-refractivity contribution in [3.05, 3.63) is 41.3 Å².